The van der Waals surface area contributed by atoms with Crippen molar-refractivity contribution in [2.75, 3.05) is 0 Å². The molecule has 0 aromatic heterocycles. The minimum absolute atomic E-state index is 0.0583. The lowest BCUT2D eigenvalue weighted by molar-refractivity contribution is -0.125. The van der Waals surface area contributed by atoms with Crippen LogP contribution in [0.15, 0.2) is 24.3 Å². The molecule has 0 saturated carbocycles. The molecule has 0 aliphatic carbocycles. The molecule has 2 rings (SSSR count). The summed E-state index contributed by atoms with van der Waals surface area (Å²) in [5, 5.41) is 2.83. The predicted molar refractivity (Wildman–Crippen MR) is 69.1 cm³/mol. The van der Waals surface area contributed by atoms with Crippen LogP contribution < -0.4 is 5.32 Å². The molecule has 0 saturated heterocycles. The molecular formula is C14H18N2O2. The lowest BCUT2D eigenvalue weighted by Crippen LogP contribution is -2.47. The van der Waals surface area contributed by atoms with Gasteiger partial charge in [0.15, 0.2) is 0 Å². The first-order valence-electron chi connectivity index (χ1n) is 6.20. The number of nitrogens with one attached hydrogen (secondary N) is 1. The number of nitrogens with zero attached hydrogens (tertiary/aromatic N) is 1. The number of carbonyl (C=O) groups is 2. The first-order chi connectivity index (χ1) is 8.50. The number of fused-ring (bicyclic) bond motifs is 1. The Morgan fingerprint density at radius 1 is 1.28 bits per heavy atom. The topological polar surface area (TPSA) is 49.4 Å². The van der Waals surface area contributed by atoms with Gasteiger partial charge in [0.2, 0.25) is 5.91 Å². The van der Waals surface area contributed by atoms with Crippen molar-refractivity contribution in [3.05, 3.63) is 35.4 Å². The van der Waals surface area contributed by atoms with Crippen LogP contribution in [0.5, 0.6) is 0 Å². The van der Waals surface area contributed by atoms with Gasteiger partial charge in [-0.3, -0.25) is 9.59 Å². The van der Waals surface area contributed by atoms with Crippen molar-refractivity contribution in [2.24, 2.45) is 0 Å². The molecule has 0 radical (unpaired) electrons. The zero-order chi connectivity index (χ0) is 13.3. The summed E-state index contributed by atoms with van der Waals surface area (Å²) in [7, 11) is 0. The quantitative estimate of drug-likeness (QED) is 0.879. The van der Waals surface area contributed by atoms with E-state index in [1.165, 1.54) is 0 Å². The van der Waals surface area contributed by atoms with E-state index < -0.39 is 6.04 Å². The number of rotatable bonds is 3. The zero-order valence-corrected chi connectivity index (χ0v) is 10.9. The van der Waals surface area contributed by atoms with Crippen molar-refractivity contribution in [1.82, 2.24) is 10.2 Å². The van der Waals surface area contributed by atoms with E-state index in [0.717, 1.165) is 5.56 Å². The van der Waals surface area contributed by atoms with Crippen LogP contribution in [0.25, 0.3) is 0 Å². The maximum absolute atomic E-state index is 12.2. The summed E-state index contributed by atoms with van der Waals surface area (Å²) in [6.07, 6.45) is 0. The van der Waals surface area contributed by atoms with Gasteiger partial charge in [-0.1, -0.05) is 18.2 Å². The fourth-order valence-corrected chi connectivity index (χ4v) is 2.14. The summed E-state index contributed by atoms with van der Waals surface area (Å²) in [6, 6.07) is 7.14. The SMILES string of the molecule is CC(C)NC(=O)[C@H](C)N1Cc2ccccc2C1=O. The van der Waals surface area contributed by atoms with Gasteiger partial charge in [-0.05, 0) is 32.4 Å². The second-order valence-corrected chi connectivity index (χ2v) is 4.93. The third-order valence-electron chi connectivity index (χ3n) is 3.13. The number of benzene rings is 1. The Morgan fingerprint density at radius 2 is 1.94 bits per heavy atom. The Bertz CT molecular complexity index is 482. The van der Waals surface area contributed by atoms with Crippen LogP contribution in [0.2, 0.25) is 0 Å². The van der Waals surface area contributed by atoms with Gasteiger partial charge in [0.1, 0.15) is 6.04 Å². The molecule has 0 bridgehead atoms. The van der Waals surface area contributed by atoms with E-state index in [1.807, 2.05) is 38.1 Å². The molecule has 1 aromatic carbocycles. The maximum atomic E-state index is 12.2. The van der Waals surface area contributed by atoms with Crippen LogP contribution in [0.4, 0.5) is 0 Å². The largest absolute Gasteiger partial charge is 0.352 e. The van der Waals surface area contributed by atoms with E-state index in [9.17, 15) is 9.59 Å². The van der Waals surface area contributed by atoms with Crippen LogP contribution >= 0.6 is 0 Å². The fourth-order valence-electron chi connectivity index (χ4n) is 2.14. The Morgan fingerprint density at radius 3 is 2.56 bits per heavy atom. The summed E-state index contributed by atoms with van der Waals surface area (Å²) in [4.78, 5) is 25.7. The highest BCUT2D eigenvalue weighted by Gasteiger charge is 2.33. The standard InChI is InChI=1S/C14H18N2O2/c1-9(2)15-13(17)10(3)16-8-11-6-4-5-7-12(11)14(16)18/h4-7,9-10H,8H2,1-3H3,(H,15,17)/t10-/m0/s1. The van der Waals surface area contributed by atoms with E-state index in [-0.39, 0.29) is 17.9 Å². The number of amides is 2. The lowest BCUT2D eigenvalue weighted by Gasteiger charge is -2.24. The Balaban J connectivity index is 2.14. The average molecular weight is 246 g/mol. The van der Waals surface area contributed by atoms with E-state index >= 15 is 0 Å². The normalized spacial score (nSPS) is 15.8. The average Bonchev–Trinajstić information content (AvgIpc) is 2.66. The van der Waals surface area contributed by atoms with Crippen LogP contribution in [-0.4, -0.2) is 28.8 Å². The summed E-state index contributed by atoms with van der Waals surface area (Å²) in [6.45, 7) is 6.10. The summed E-state index contributed by atoms with van der Waals surface area (Å²) < 4.78 is 0. The van der Waals surface area contributed by atoms with Crippen LogP contribution in [0.1, 0.15) is 36.7 Å². The fraction of sp³-hybridized carbons (Fsp3) is 0.429. The minimum Gasteiger partial charge on any atom is -0.352 e. The molecule has 1 atom stereocenters. The van der Waals surface area contributed by atoms with Crippen molar-refractivity contribution in [1.29, 1.82) is 0 Å². The summed E-state index contributed by atoms with van der Waals surface area (Å²) >= 11 is 0. The smallest absolute Gasteiger partial charge is 0.255 e. The third-order valence-corrected chi connectivity index (χ3v) is 3.13. The minimum atomic E-state index is -0.438. The molecule has 2 amide bonds. The second kappa shape index (κ2) is 4.80. The molecule has 1 aliphatic heterocycles. The maximum Gasteiger partial charge on any atom is 0.255 e. The van der Waals surface area contributed by atoms with Gasteiger partial charge < -0.3 is 10.2 Å². The monoisotopic (exact) mass is 246 g/mol. The number of carbonyl (C=O) groups excluding carboxylic acids is 2. The van der Waals surface area contributed by atoms with Gasteiger partial charge in [0.05, 0.1) is 0 Å². The number of hydrogen-bond acceptors (Lipinski definition) is 2. The Hall–Kier alpha value is -1.84. The molecule has 0 fully saturated rings. The first-order valence-corrected chi connectivity index (χ1v) is 6.20. The molecular weight excluding hydrogens is 228 g/mol. The van der Waals surface area contributed by atoms with Crippen molar-refractivity contribution in [2.45, 2.75) is 39.4 Å². The zero-order valence-electron chi connectivity index (χ0n) is 10.9. The summed E-state index contributed by atoms with van der Waals surface area (Å²) in [5.41, 5.74) is 1.70. The highest BCUT2D eigenvalue weighted by molar-refractivity contribution is 6.01. The van der Waals surface area contributed by atoms with Gasteiger partial charge in [-0.15, -0.1) is 0 Å². The van der Waals surface area contributed by atoms with Gasteiger partial charge in [0, 0.05) is 18.2 Å². The van der Waals surface area contributed by atoms with Crippen molar-refractivity contribution < 1.29 is 9.59 Å². The van der Waals surface area contributed by atoms with Crippen molar-refractivity contribution >= 4 is 11.8 Å². The summed E-state index contributed by atoms with van der Waals surface area (Å²) in [5.74, 6) is -0.164. The highest BCUT2D eigenvalue weighted by Crippen LogP contribution is 2.24. The molecule has 1 N–H and O–H groups in total. The molecule has 4 heteroatoms. The van der Waals surface area contributed by atoms with E-state index in [1.54, 1.807) is 11.8 Å². The molecule has 1 aliphatic rings. The van der Waals surface area contributed by atoms with Crippen LogP contribution in [0, 0.1) is 0 Å². The lowest BCUT2D eigenvalue weighted by atomic mass is 10.1. The van der Waals surface area contributed by atoms with E-state index in [2.05, 4.69) is 5.32 Å². The molecule has 4 nitrogen and oxygen atoms in total. The van der Waals surface area contributed by atoms with Crippen molar-refractivity contribution in [3.8, 4) is 0 Å². The first kappa shape index (κ1) is 12.6. The molecule has 1 aromatic rings. The van der Waals surface area contributed by atoms with Gasteiger partial charge >= 0.3 is 0 Å². The van der Waals surface area contributed by atoms with Crippen LogP contribution in [0.3, 0.4) is 0 Å². The van der Waals surface area contributed by atoms with Crippen LogP contribution in [-0.2, 0) is 11.3 Å². The molecule has 0 unspecified atom stereocenters. The third kappa shape index (κ3) is 2.23. The Kier molecular flexibility index (Phi) is 3.36. The number of hydrogen-bond donors (Lipinski definition) is 1. The van der Waals surface area contributed by atoms with Gasteiger partial charge in [-0.25, -0.2) is 0 Å². The highest BCUT2D eigenvalue weighted by atomic mass is 16.2. The van der Waals surface area contributed by atoms with Gasteiger partial charge in [0.25, 0.3) is 5.91 Å². The molecule has 18 heavy (non-hydrogen) atoms. The molecule has 0 spiro atoms. The molecule has 96 valence electrons. The van der Waals surface area contributed by atoms with E-state index in [0.29, 0.717) is 12.1 Å². The molecule has 1 heterocycles. The Labute approximate surface area is 107 Å². The van der Waals surface area contributed by atoms with E-state index in [4.69, 9.17) is 0 Å². The van der Waals surface area contributed by atoms with Crippen molar-refractivity contribution in [3.63, 3.8) is 0 Å². The second-order valence-electron chi connectivity index (χ2n) is 4.93. The van der Waals surface area contributed by atoms with Gasteiger partial charge in [-0.2, -0.15) is 0 Å². The predicted octanol–water partition coefficient (Wildman–Crippen LogP) is 1.56.